The largest absolute Gasteiger partial charge is 0.378 e. The lowest BCUT2D eigenvalue weighted by Gasteiger charge is -2.37. The normalized spacial score (nSPS) is 21.8. The highest BCUT2D eigenvalue weighted by Crippen LogP contribution is 2.50. The maximum absolute atomic E-state index is 13.9. The smallest absolute Gasteiger partial charge is 0.261 e. The summed E-state index contributed by atoms with van der Waals surface area (Å²) in [5.74, 6) is -0.685. The third kappa shape index (κ3) is 3.59. The third-order valence-electron chi connectivity index (χ3n) is 5.99. The van der Waals surface area contributed by atoms with Crippen molar-refractivity contribution in [3.8, 4) is 0 Å². The zero-order valence-electron chi connectivity index (χ0n) is 16.4. The monoisotopic (exact) mass is 438 g/mol. The van der Waals surface area contributed by atoms with Gasteiger partial charge in [-0.15, -0.1) is 0 Å². The number of rotatable bonds is 4. The molecule has 3 aromatic rings. The van der Waals surface area contributed by atoms with Crippen molar-refractivity contribution in [3.63, 3.8) is 0 Å². The van der Waals surface area contributed by atoms with Crippen LogP contribution in [0.15, 0.2) is 83.8 Å². The van der Waals surface area contributed by atoms with Crippen LogP contribution in [0.3, 0.4) is 0 Å². The van der Waals surface area contributed by atoms with Crippen LogP contribution in [0.25, 0.3) is 0 Å². The maximum atomic E-state index is 13.9. The van der Waals surface area contributed by atoms with Crippen molar-refractivity contribution in [1.29, 1.82) is 0 Å². The van der Waals surface area contributed by atoms with Crippen LogP contribution >= 0.6 is 0 Å². The van der Waals surface area contributed by atoms with Crippen LogP contribution in [-0.4, -0.2) is 8.42 Å². The highest BCUT2D eigenvalue weighted by molar-refractivity contribution is 7.92. The summed E-state index contributed by atoms with van der Waals surface area (Å²) >= 11 is 0. The van der Waals surface area contributed by atoms with Gasteiger partial charge in [0.25, 0.3) is 10.0 Å². The SMILES string of the molecule is O=S(=O)(Nc1ccccc1F)c1ccc2c(c1)C1C=CCC1[C@@H](c1ccc(F)cc1)N2. The summed E-state index contributed by atoms with van der Waals surface area (Å²) < 4.78 is 55.5. The Balaban J connectivity index is 1.50. The van der Waals surface area contributed by atoms with E-state index in [1.54, 1.807) is 30.3 Å². The summed E-state index contributed by atoms with van der Waals surface area (Å²) in [7, 11) is -3.95. The van der Waals surface area contributed by atoms with E-state index in [9.17, 15) is 17.2 Å². The Morgan fingerprint density at radius 3 is 2.52 bits per heavy atom. The summed E-state index contributed by atoms with van der Waals surface area (Å²) in [6.45, 7) is 0. The summed E-state index contributed by atoms with van der Waals surface area (Å²) in [4.78, 5) is 0.0792. The number of anilines is 2. The van der Waals surface area contributed by atoms with E-state index in [0.29, 0.717) is 0 Å². The van der Waals surface area contributed by atoms with Crippen molar-refractivity contribution in [2.75, 3.05) is 10.0 Å². The summed E-state index contributed by atoms with van der Waals surface area (Å²) in [5, 5.41) is 3.50. The van der Waals surface area contributed by atoms with Crippen molar-refractivity contribution in [3.05, 3.63) is 102 Å². The van der Waals surface area contributed by atoms with Gasteiger partial charge in [0.15, 0.2) is 0 Å². The number of benzene rings is 3. The molecule has 158 valence electrons. The summed E-state index contributed by atoms with van der Waals surface area (Å²) in [5.41, 5.74) is 2.62. The minimum Gasteiger partial charge on any atom is -0.378 e. The highest BCUT2D eigenvalue weighted by atomic mass is 32.2. The van der Waals surface area contributed by atoms with Gasteiger partial charge < -0.3 is 5.32 Å². The van der Waals surface area contributed by atoms with Crippen molar-refractivity contribution in [1.82, 2.24) is 0 Å². The first kappa shape index (κ1) is 19.8. The van der Waals surface area contributed by atoms with Gasteiger partial charge in [-0.25, -0.2) is 17.2 Å². The molecule has 2 N–H and O–H groups in total. The van der Waals surface area contributed by atoms with Crippen molar-refractivity contribution in [2.24, 2.45) is 5.92 Å². The fourth-order valence-corrected chi connectivity index (χ4v) is 5.59. The Hall–Kier alpha value is -3.19. The molecule has 0 radical (unpaired) electrons. The minimum absolute atomic E-state index is 0.00732. The molecule has 0 saturated carbocycles. The number of fused-ring (bicyclic) bond motifs is 3. The molecule has 0 fully saturated rings. The van der Waals surface area contributed by atoms with Gasteiger partial charge in [0.1, 0.15) is 11.6 Å². The first-order chi connectivity index (χ1) is 14.9. The second kappa shape index (κ2) is 7.50. The molecule has 2 unspecified atom stereocenters. The molecular formula is C24H20F2N2O2S. The van der Waals surface area contributed by atoms with Crippen LogP contribution in [-0.2, 0) is 10.0 Å². The number of nitrogens with one attached hydrogen (secondary N) is 2. The van der Waals surface area contributed by atoms with E-state index >= 15 is 0 Å². The fraction of sp³-hybridized carbons (Fsp3) is 0.167. The standard InChI is InChI=1S/C24H20F2N2O2S/c25-16-10-8-15(9-11-16)24-19-5-3-4-18(19)20-14-17(12-13-22(20)27-24)31(29,30)28-23-7-2-1-6-21(23)26/h1-4,6-14,18-19,24,27-28H,5H2/t18?,19?,24-/m1/s1. The van der Waals surface area contributed by atoms with Crippen LogP contribution in [0.4, 0.5) is 20.2 Å². The predicted molar refractivity (Wildman–Crippen MR) is 116 cm³/mol. The number of hydrogen-bond donors (Lipinski definition) is 2. The molecule has 0 spiro atoms. The van der Waals surface area contributed by atoms with E-state index in [2.05, 4.69) is 22.2 Å². The molecule has 5 rings (SSSR count). The van der Waals surface area contributed by atoms with Gasteiger partial charge in [0, 0.05) is 11.6 Å². The van der Waals surface area contributed by atoms with Crippen LogP contribution < -0.4 is 10.0 Å². The Kier molecular flexibility index (Phi) is 4.78. The molecular weight excluding hydrogens is 418 g/mol. The lowest BCUT2D eigenvalue weighted by molar-refractivity contribution is 0.424. The molecule has 1 aliphatic carbocycles. The van der Waals surface area contributed by atoms with Gasteiger partial charge in [-0.05, 0) is 65.9 Å². The van der Waals surface area contributed by atoms with Crippen LogP contribution in [0.2, 0.25) is 0 Å². The van der Waals surface area contributed by atoms with Gasteiger partial charge in [0.2, 0.25) is 0 Å². The van der Waals surface area contributed by atoms with E-state index in [0.717, 1.165) is 23.2 Å². The second-order valence-corrected chi connectivity index (χ2v) is 9.54. The van der Waals surface area contributed by atoms with Crippen molar-refractivity contribution in [2.45, 2.75) is 23.3 Å². The van der Waals surface area contributed by atoms with E-state index in [1.165, 1.54) is 36.4 Å². The molecule has 0 amide bonds. The van der Waals surface area contributed by atoms with Gasteiger partial charge >= 0.3 is 0 Å². The molecule has 2 aliphatic rings. The van der Waals surface area contributed by atoms with Gasteiger partial charge in [0.05, 0.1) is 16.6 Å². The first-order valence-electron chi connectivity index (χ1n) is 10.0. The lowest BCUT2D eigenvalue weighted by atomic mass is 9.77. The molecule has 1 aliphatic heterocycles. The highest BCUT2D eigenvalue weighted by Gasteiger charge is 2.38. The molecule has 31 heavy (non-hydrogen) atoms. The summed E-state index contributed by atoms with van der Waals surface area (Å²) in [6, 6.07) is 17.0. The topological polar surface area (TPSA) is 58.2 Å². The van der Waals surface area contributed by atoms with Crippen molar-refractivity contribution < 1.29 is 17.2 Å². The van der Waals surface area contributed by atoms with E-state index in [-0.39, 0.29) is 34.3 Å². The molecule has 3 aromatic carbocycles. The Labute approximate surface area is 179 Å². The Morgan fingerprint density at radius 2 is 1.74 bits per heavy atom. The number of para-hydroxylation sites is 1. The molecule has 4 nitrogen and oxygen atoms in total. The molecule has 0 bridgehead atoms. The van der Waals surface area contributed by atoms with Crippen LogP contribution in [0, 0.1) is 17.6 Å². The van der Waals surface area contributed by atoms with Gasteiger partial charge in [-0.2, -0.15) is 0 Å². The number of allylic oxidation sites excluding steroid dienone is 2. The second-order valence-electron chi connectivity index (χ2n) is 7.86. The van der Waals surface area contributed by atoms with E-state index in [1.807, 2.05) is 0 Å². The Bertz CT molecular complexity index is 1270. The average molecular weight is 438 g/mol. The lowest BCUT2D eigenvalue weighted by Crippen LogP contribution is -2.29. The van der Waals surface area contributed by atoms with Gasteiger partial charge in [-0.3, -0.25) is 4.72 Å². The van der Waals surface area contributed by atoms with E-state index in [4.69, 9.17) is 0 Å². The van der Waals surface area contributed by atoms with Gasteiger partial charge in [-0.1, -0.05) is 36.4 Å². The minimum atomic E-state index is -3.95. The molecule has 0 aromatic heterocycles. The molecule has 3 atom stereocenters. The average Bonchev–Trinajstić information content (AvgIpc) is 3.25. The third-order valence-corrected chi connectivity index (χ3v) is 7.36. The van der Waals surface area contributed by atoms with Crippen LogP contribution in [0.1, 0.15) is 29.5 Å². The Morgan fingerprint density at radius 1 is 0.968 bits per heavy atom. The molecule has 0 saturated heterocycles. The zero-order chi connectivity index (χ0) is 21.6. The number of halogens is 2. The maximum Gasteiger partial charge on any atom is 0.261 e. The molecule has 1 heterocycles. The summed E-state index contributed by atoms with van der Waals surface area (Å²) in [6.07, 6.45) is 5.03. The van der Waals surface area contributed by atoms with Crippen LogP contribution in [0.5, 0.6) is 0 Å². The number of hydrogen-bond acceptors (Lipinski definition) is 3. The van der Waals surface area contributed by atoms with Crippen molar-refractivity contribution >= 4 is 21.4 Å². The number of sulfonamides is 1. The predicted octanol–water partition coefficient (Wildman–Crippen LogP) is 5.59. The quantitative estimate of drug-likeness (QED) is 0.522. The zero-order valence-corrected chi connectivity index (χ0v) is 17.2. The fourth-order valence-electron chi connectivity index (χ4n) is 4.49. The van der Waals surface area contributed by atoms with E-state index < -0.39 is 15.8 Å². The molecule has 7 heteroatoms. The first-order valence-corrected chi connectivity index (χ1v) is 11.5.